The fraction of sp³-hybridized carbons (Fsp3) is 0.708. The lowest BCUT2D eigenvalue weighted by molar-refractivity contribution is -0.133. The number of hydrogen-bond acceptors (Lipinski definition) is 2. The number of hydrogen-bond donors (Lipinski definition) is 0. The lowest BCUT2D eigenvalue weighted by Gasteiger charge is -2.30. The first-order valence-electron chi connectivity index (χ1n) is 10.9. The molecule has 0 radical (unpaired) electrons. The highest BCUT2D eigenvalue weighted by Crippen LogP contribution is 2.23. The predicted octanol–water partition coefficient (Wildman–Crippen LogP) is 5.03. The molecule has 1 atom stereocenters. The Morgan fingerprint density at radius 2 is 1.81 bits per heavy atom. The highest BCUT2D eigenvalue weighted by Gasteiger charge is 2.18. The zero-order valence-corrected chi connectivity index (χ0v) is 18.3. The van der Waals surface area contributed by atoms with Crippen molar-refractivity contribution in [3.63, 3.8) is 0 Å². The van der Waals surface area contributed by atoms with Crippen LogP contribution in [0.3, 0.4) is 0 Å². The molecule has 0 aromatic heterocycles. The molecule has 1 aromatic rings. The molecule has 1 aliphatic rings. The number of piperidine rings is 1. The molecule has 27 heavy (non-hydrogen) atoms. The van der Waals surface area contributed by atoms with Gasteiger partial charge in [-0.15, -0.1) is 0 Å². The van der Waals surface area contributed by atoms with Gasteiger partial charge in [0, 0.05) is 25.6 Å². The molecule has 0 saturated carbocycles. The lowest BCUT2D eigenvalue weighted by Crippen LogP contribution is -2.37. The second-order valence-corrected chi connectivity index (χ2v) is 9.17. The van der Waals surface area contributed by atoms with Gasteiger partial charge in [0.05, 0.1) is 0 Å². The third kappa shape index (κ3) is 6.95. The van der Waals surface area contributed by atoms with E-state index < -0.39 is 0 Å². The van der Waals surface area contributed by atoms with Crippen molar-refractivity contribution in [2.24, 2.45) is 0 Å². The van der Waals surface area contributed by atoms with Crippen LogP contribution in [0, 0.1) is 0 Å². The Bertz CT molecular complexity index is 573. The predicted molar refractivity (Wildman–Crippen MR) is 115 cm³/mol. The van der Waals surface area contributed by atoms with Crippen LogP contribution >= 0.6 is 0 Å². The van der Waals surface area contributed by atoms with Gasteiger partial charge in [0.25, 0.3) is 0 Å². The van der Waals surface area contributed by atoms with E-state index in [0.717, 1.165) is 51.9 Å². The number of nitrogens with zero attached hydrogens (tertiary/aromatic N) is 2. The Kier molecular flexibility index (Phi) is 8.34. The molecule has 2 rings (SSSR count). The van der Waals surface area contributed by atoms with Gasteiger partial charge in [0.2, 0.25) is 5.91 Å². The number of amides is 1. The molecule has 1 unspecified atom stereocenters. The topological polar surface area (TPSA) is 23.6 Å². The number of likely N-dealkylation sites (N-methyl/N-ethyl adjacent to an activating group) is 1. The maximum absolute atomic E-state index is 11.9. The minimum Gasteiger partial charge on any atom is -0.343 e. The second kappa shape index (κ2) is 10.3. The van der Waals surface area contributed by atoms with Crippen molar-refractivity contribution in [1.82, 2.24) is 9.80 Å². The van der Waals surface area contributed by atoms with Crippen LogP contribution in [0.25, 0.3) is 0 Å². The fourth-order valence-electron chi connectivity index (χ4n) is 4.02. The van der Waals surface area contributed by atoms with E-state index in [0.29, 0.717) is 11.9 Å². The van der Waals surface area contributed by atoms with Crippen molar-refractivity contribution in [3.05, 3.63) is 35.4 Å². The van der Waals surface area contributed by atoms with Crippen LogP contribution in [0.5, 0.6) is 0 Å². The van der Waals surface area contributed by atoms with E-state index in [4.69, 9.17) is 0 Å². The molecular weight excluding hydrogens is 332 g/mol. The maximum Gasteiger partial charge on any atom is 0.222 e. The van der Waals surface area contributed by atoms with Gasteiger partial charge in [-0.25, -0.2) is 0 Å². The summed E-state index contributed by atoms with van der Waals surface area (Å²) in [5, 5.41) is 0. The molecule has 3 nitrogen and oxygen atoms in total. The van der Waals surface area contributed by atoms with E-state index in [-0.39, 0.29) is 5.41 Å². The molecule has 0 N–H and O–H groups in total. The number of likely N-dealkylation sites (tertiary alicyclic amines) is 1. The van der Waals surface area contributed by atoms with Crippen LogP contribution in [0.15, 0.2) is 24.3 Å². The van der Waals surface area contributed by atoms with Crippen molar-refractivity contribution in [1.29, 1.82) is 0 Å². The van der Waals surface area contributed by atoms with Gasteiger partial charge < -0.3 is 9.80 Å². The molecule has 152 valence electrons. The lowest BCUT2D eigenvalue weighted by atomic mass is 9.86. The summed E-state index contributed by atoms with van der Waals surface area (Å²) in [4.78, 5) is 16.5. The van der Waals surface area contributed by atoms with E-state index >= 15 is 0 Å². The van der Waals surface area contributed by atoms with Crippen LogP contribution in [0.1, 0.15) is 77.8 Å². The van der Waals surface area contributed by atoms with Crippen LogP contribution in [-0.2, 0) is 16.6 Å². The first-order valence-corrected chi connectivity index (χ1v) is 10.9. The number of carbonyl (C=O) groups excluding carboxylic acids is 1. The van der Waals surface area contributed by atoms with Crippen molar-refractivity contribution < 1.29 is 4.79 Å². The summed E-state index contributed by atoms with van der Waals surface area (Å²) < 4.78 is 0. The monoisotopic (exact) mass is 372 g/mol. The summed E-state index contributed by atoms with van der Waals surface area (Å²) in [6, 6.07) is 9.72. The third-order valence-corrected chi connectivity index (χ3v) is 5.93. The van der Waals surface area contributed by atoms with Gasteiger partial charge in [0.1, 0.15) is 0 Å². The SMILES string of the molecule is CCN(CCCCN1CCCCC1=O)C(C)Cc1ccc(C(C)(C)C)cc1. The van der Waals surface area contributed by atoms with E-state index in [1.807, 2.05) is 0 Å². The molecule has 0 bridgehead atoms. The number of carbonyl (C=O) groups is 1. The van der Waals surface area contributed by atoms with Gasteiger partial charge in [-0.2, -0.15) is 0 Å². The van der Waals surface area contributed by atoms with Gasteiger partial charge in [0.15, 0.2) is 0 Å². The summed E-state index contributed by atoms with van der Waals surface area (Å²) in [5.74, 6) is 0.362. The molecule has 3 heteroatoms. The maximum atomic E-state index is 11.9. The average Bonchev–Trinajstić information content (AvgIpc) is 2.62. The number of benzene rings is 1. The van der Waals surface area contributed by atoms with Crippen molar-refractivity contribution in [2.45, 2.75) is 84.6 Å². The minimum atomic E-state index is 0.218. The Hall–Kier alpha value is -1.35. The zero-order valence-electron chi connectivity index (χ0n) is 18.3. The van der Waals surface area contributed by atoms with E-state index in [1.165, 1.54) is 24.0 Å². The summed E-state index contributed by atoms with van der Waals surface area (Å²) in [5.41, 5.74) is 3.04. The van der Waals surface area contributed by atoms with Crippen LogP contribution < -0.4 is 0 Å². The van der Waals surface area contributed by atoms with Gasteiger partial charge in [-0.1, -0.05) is 52.0 Å². The summed E-state index contributed by atoms with van der Waals surface area (Å²) in [6.07, 6.45) is 6.40. The Morgan fingerprint density at radius 3 is 2.41 bits per heavy atom. The summed E-state index contributed by atoms with van der Waals surface area (Å²) in [6.45, 7) is 15.5. The minimum absolute atomic E-state index is 0.218. The molecule has 1 saturated heterocycles. The highest BCUT2D eigenvalue weighted by atomic mass is 16.2. The van der Waals surface area contributed by atoms with Gasteiger partial charge in [-0.05, 0) is 68.7 Å². The fourth-order valence-corrected chi connectivity index (χ4v) is 4.02. The normalized spacial score (nSPS) is 16.8. The Balaban J connectivity index is 1.76. The molecular formula is C24H40N2O. The molecule has 1 aromatic carbocycles. The van der Waals surface area contributed by atoms with E-state index in [2.05, 4.69) is 68.7 Å². The second-order valence-electron chi connectivity index (χ2n) is 9.17. The molecule has 1 heterocycles. The van der Waals surface area contributed by atoms with Crippen LogP contribution in [0.2, 0.25) is 0 Å². The van der Waals surface area contributed by atoms with Crippen LogP contribution in [-0.4, -0.2) is 47.9 Å². The Morgan fingerprint density at radius 1 is 1.11 bits per heavy atom. The van der Waals surface area contributed by atoms with Crippen molar-refractivity contribution in [3.8, 4) is 0 Å². The molecule has 1 fully saturated rings. The molecule has 0 aliphatic carbocycles. The molecule has 1 aliphatic heterocycles. The van der Waals surface area contributed by atoms with E-state index in [1.54, 1.807) is 0 Å². The molecule has 0 spiro atoms. The average molecular weight is 373 g/mol. The quantitative estimate of drug-likeness (QED) is 0.568. The third-order valence-electron chi connectivity index (χ3n) is 5.93. The standard InChI is InChI=1S/C24H40N2O/c1-6-25(16-9-10-18-26-17-8-7-11-23(26)27)20(2)19-21-12-14-22(15-13-21)24(3,4)5/h12-15,20H,6-11,16-19H2,1-5H3. The number of unbranched alkanes of at least 4 members (excludes halogenated alkanes) is 1. The highest BCUT2D eigenvalue weighted by molar-refractivity contribution is 5.76. The zero-order chi connectivity index (χ0) is 19.9. The van der Waals surface area contributed by atoms with E-state index in [9.17, 15) is 4.79 Å². The van der Waals surface area contributed by atoms with Crippen molar-refractivity contribution in [2.75, 3.05) is 26.2 Å². The summed E-state index contributed by atoms with van der Waals surface area (Å²) in [7, 11) is 0. The smallest absolute Gasteiger partial charge is 0.222 e. The number of rotatable bonds is 9. The van der Waals surface area contributed by atoms with Crippen molar-refractivity contribution >= 4 is 5.91 Å². The largest absolute Gasteiger partial charge is 0.343 e. The van der Waals surface area contributed by atoms with Crippen LogP contribution in [0.4, 0.5) is 0 Å². The summed E-state index contributed by atoms with van der Waals surface area (Å²) >= 11 is 0. The van der Waals surface area contributed by atoms with Gasteiger partial charge in [-0.3, -0.25) is 4.79 Å². The molecule has 1 amide bonds. The first kappa shape index (κ1) is 21.9. The Labute approximate surface area is 167 Å². The first-order chi connectivity index (χ1) is 12.8. The van der Waals surface area contributed by atoms with Gasteiger partial charge >= 0.3 is 0 Å².